The van der Waals surface area contributed by atoms with Gasteiger partial charge in [-0.3, -0.25) is 23.9 Å². The number of carbonyl (C=O) groups excluding carboxylic acids is 2. The Morgan fingerprint density at radius 1 is 1.08 bits per heavy atom. The normalized spacial score (nSPS) is 18.2. The Balaban J connectivity index is 1.44. The highest BCUT2D eigenvalue weighted by Crippen LogP contribution is 2.26. The van der Waals surface area contributed by atoms with Crippen molar-refractivity contribution in [1.29, 1.82) is 0 Å². The number of nitrogens with zero attached hydrogens (tertiary/aromatic N) is 2. The van der Waals surface area contributed by atoms with Gasteiger partial charge >= 0.3 is 6.18 Å². The third-order valence-corrected chi connectivity index (χ3v) is 6.99. The molecule has 12 heteroatoms. The standard InChI is InChI=1S/C24H22ClF3N4O3S/c25-20-9-8-19(36-20)23(35)30-16-13-18(31(14-16)12-10-24(26,27)28)22(34)29-15-4-6-17(7-5-15)32-11-2-1-3-21(32)33/h1-9,11,16,18H,10,12-14H2,(H,29,34)(H,30,35). The molecule has 1 aliphatic heterocycles. The molecule has 0 spiro atoms. The first-order valence-electron chi connectivity index (χ1n) is 11.0. The lowest BCUT2D eigenvalue weighted by atomic mass is 10.1. The molecule has 1 aliphatic rings. The molecule has 3 aromatic rings. The fourth-order valence-corrected chi connectivity index (χ4v) is 5.01. The van der Waals surface area contributed by atoms with Crippen molar-refractivity contribution in [3.63, 3.8) is 0 Å². The lowest BCUT2D eigenvalue weighted by Gasteiger charge is -2.24. The molecule has 7 nitrogen and oxygen atoms in total. The van der Waals surface area contributed by atoms with Gasteiger partial charge in [-0.05, 0) is 48.9 Å². The number of hydrogen-bond acceptors (Lipinski definition) is 5. The SMILES string of the molecule is O=C(NC1CC(C(=O)Nc2ccc(-n3ccccc3=O)cc2)N(CCC(F)(F)F)C1)c1ccc(Cl)s1. The summed E-state index contributed by atoms with van der Waals surface area (Å²) in [7, 11) is 0. The van der Waals surface area contributed by atoms with Gasteiger partial charge in [-0.25, -0.2) is 0 Å². The van der Waals surface area contributed by atoms with E-state index in [4.69, 9.17) is 11.6 Å². The number of carbonyl (C=O) groups is 2. The van der Waals surface area contributed by atoms with Crippen molar-refractivity contribution in [1.82, 2.24) is 14.8 Å². The first-order chi connectivity index (χ1) is 17.1. The molecule has 2 unspecified atom stereocenters. The molecule has 2 aromatic heterocycles. The van der Waals surface area contributed by atoms with Crippen molar-refractivity contribution in [3.8, 4) is 5.69 Å². The molecule has 190 valence electrons. The van der Waals surface area contributed by atoms with Gasteiger partial charge in [-0.2, -0.15) is 13.2 Å². The summed E-state index contributed by atoms with van der Waals surface area (Å²) in [6.45, 7) is -0.260. The first-order valence-corrected chi connectivity index (χ1v) is 12.2. The maximum absolute atomic E-state index is 13.0. The Hall–Kier alpha value is -3.15. The second-order valence-corrected chi connectivity index (χ2v) is 10.0. The minimum Gasteiger partial charge on any atom is -0.347 e. The molecule has 0 aliphatic carbocycles. The zero-order valence-corrected chi connectivity index (χ0v) is 20.4. The Morgan fingerprint density at radius 2 is 1.83 bits per heavy atom. The molecule has 2 amide bonds. The van der Waals surface area contributed by atoms with Crippen LogP contribution in [0.4, 0.5) is 18.9 Å². The number of thiophene rings is 1. The van der Waals surface area contributed by atoms with Crippen molar-refractivity contribution in [2.45, 2.75) is 31.1 Å². The Bertz CT molecular complexity index is 1290. The van der Waals surface area contributed by atoms with E-state index in [2.05, 4.69) is 10.6 Å². The van der Waals surface area contributed by atoms with E-state index in [0.717, 1.165) is 11.3 Å². The predicted molar refractivity (Wildman–Crippen MR) is 132 cm³/mol. The fourth-order valence-electron chi connectivity index (χ4n) is 4.06. The number of nitrogens with one attached hydrogen (secondary N) is 2. The number of likely N-dealkylation sites (tertiary alicyclic amines) is 1. The van der Waals surface area contributed by atoms with Crippen molar-refractivity contribution in [3.05, 3.63) is 80.4 Å². The lowest BCUT2D eigenvalue weighted by molar-refractivity contribution is -0.140. The van der Waals surface area contributed by atoms with Gasteiger partial charge in [0.25, 0.3) is 11.5 Å². The number of amides is 2. The fraction of sp³-hybridized carbons (Fsp3) is 0.292. The van der Waals surface area contributed by atoms with Gasteiger partial charge < -0.3 is 10.6 Å². The summed E-state index contributed by atoms with van der Waals surface area (Å²) >= 11 is 6.97. The average molecular weight is 539 g/mol. The van der Waals surface area contributed by atoms with Crippen molar-refractivity contribution in [2.75, 3.05) is 18.4 Å². The highest BCUT2D eigenvalue weighted by molar-refractivity contribution is 7.18. The summed E-state index contributed by atoms with van der Waals surface area (Å²) in [6.07, 6.45) is -3.67. The van der Waals surface area contributed by atoms with Crippen LogP contribution in [0.2, 0.25) is 4.34 Å². The molecular weight excluding hydrogens is 517 g/mol. The summed E-state index contributed by atoms with van der Waals surface area (Å²) in [5.41, 5.74) is 0.824. The van der Waals surface area contributed by atoms with E-state index in [9.17, 15) is 27.6 Å². The third-order valence-electron chi connectivity index (χ3n) is 5.76. The summed E-state index contributed by atoms with van der Waals surface area (Å²) < 4.78 is 40.5. The Kier molecular flexibility index (Phi) is 7.82. The largest absolute Gasteiger partial charge is 0.390 e. The van der Waals surface area contributed by atoms with Crippen LogP contribution in [0, 0.1) is 0 Å². The Labute approximate surface area is 213 Å². The van der Waals surface area contributed by atoms with Gasteiger partial charge in [0.1, 0.15) is 0 Å². The van der Waals surface area contributed by atoms with Crippen molar-refractivity contribution >= 4 is 40.4 Å². The van der Waals surface area contributed by atoms with Crippen LogP contribution in [0.15, 0.2) is 65.6 Å². The maximum Gasteiger partial charge on any atom is 0.390 e. The molecule has 36 heavy (non-hydrogen) atoms. The summed E-state index contributed by atoms with van der Waals surface area (Å²) in [5.74, 6) is -0.863. The van der Waals surface area contributed by atoms with E-state index in [1.807, 2.05) is 0 Å². The number of anilines is 1. The third kappa shape index (κ3) is 6.54. The highest BCUT2D eigenvalue weighted by Gasteiger charge is 2.39. The molecule has 1 aromatic carbocycles. The number of benzene rings is 1. The van der Waals surface area contributed by atoms with Crippen LogP contribution >= 0.6 is 22.9 Å². The van der Waals surface area contributed by atoms with Gasteiger partial charge in [-0.1, -0.05) is 17.7 Å². The number of hydrogen-bond donors (Lipinski definition) is 2. The van der Waals surface area contributed by atoms with Crippen LogP contribution in [0.5, 0.6) is 0 Å². The summed E-state index contributed by atoms with van der Waals surface area (Å²) in [5, 5.41) is 5.53. The molecule has 2 N–H and O–H groups in total. The number of aromatic nitrogens is 1. The predicted octanol–water partition coefficient (Wildman–Crippen LogP) is 4.32. The molecule has 1 saturated heterocycles. The minimum atomic E-state index is -4.37. The number of rotatable bonds is 7. The molecule has 0 radical (unpaired) electrons. The number of pyridine rings is 1. The van der Waals surface area contributed by atoms with E-state index < -0.39 is 30.6 Å². The van der Waals surface area contributed by atoms with Crippen molar-refractivity contribution in [2.24, 2.45) is 0 Å². The van der Waals surface area contributed by atoms with E-state index >= 15 is 0 Å². The van der Waals surface area contributed by atoms with Crippen LogP contribution in [0.3, 0.4) is 0 Å². The van der Waals surface area contributed by atoms with Crippen LogP contribution < -0.4 is 16.2 Å². The quantitative estimate of drug-likeness (QED) is 0.469. The summed E-state index contributed by atoms with van der Waals surface area (Å²) in [4.78, 5) is 39.4. The van der Waals surface area contributed by atoms with E-state index in [1.165, 1.54) is 15.5 Å². The molecule has 1 fully saturated rings. The minimum absolute atomic E-state index is 0.106. The topological polar surface area (TPSA) is 83.4 Å². The molecule has 2 atom stereocenters. The Morgan fingerprint density at radius 3 is 2.47 bits per heavy atom. The zero-order valence-electron chi connectivity index (χ0n) is 18.8. The zero-order chi connectivity index (χ0) is 25.9. The molecule has 4 rings (SSSR count). The van der Waals surface area contributed by atoms with Gasteiger partial charge in [0.2, 0.25) is 5.91 Å². The van der Waals surface area contributed by atoms with Gasteiger partial charge in [-0.15, -0.1) is 11.3 Å². The summed E-state index contributed by atoms with van der Waals surface area (Å²) in [6, 6.07) is 13.1. The van der Waals surface area contributed by atoms with E-state index in [0.29, 0.717) is 20.6 Å². The smallest absolute Gasteiger partial charge is 0.347 e. The second kappa shape index (κ2) is 10.9. The van der Waals surface area contributed by atoms with Crippen molar-refractivity contribution < 1.29 is 22.8 Å². The maximum atomic E-state index is 13.0. The monoisotopic (exact) mass is 538 g/mol. The van der Waals surface area contributed by atoms with E-state index in [-0.39, 0.29) is 31.0 Å². The van der Waals surface area contributed by atoms with Crippen LogP contribution in [-0.4, -0.2) is 52.6 Å². The lowest BCUT2D eigenvalue weighted by Crippen LogP contribution is -2.41. The van der Waals surface area contributed by atoms with Gasteiger partial charge in [0, 0.05) is 42.8 Å². The number of halogens is 4. The van der Waals surface area contributed by atoms with Crippen LogP contribution in [-0.2, 0) is 4.79 Å². The molecule has 0 saturated carbocycles. The average Bonchev–Trinajstić information content (AvgIpc) is 3.44. The van der Waals surface area contributed by atoms with Crippen LogP contribution in [0.1, 0.15) is 22.5 Å². The molecule has 3 heterocycles. The highest BCUT2D eigenvalue weighted by atomic mass is 35.5. The van der Waals surface area contributed by atoms with E-state index in [1.54, 1.807) is 54.7 Å². The van der Waals surface area contributed by atoms with Gasteiger partial charge in [0.15, 0.2) is 0 Å². The second-order valence-electron chi connectivity index (χ2n) is 8.33. The number of alkyl halides is 3. The van der Waals surface area contributed by atoms with Crippen LogP contribution in [0.25, 0.3) is 5.69 Å². The molecule has 0 bridgehead atoms. The molecular formula is C24H22ClF3N4O3S. The van der Waals surface area contributed by atoms with Gasteiger partial charge in [0.05, 0.1) is 21.7 Å². The first kappa shape index (κ1) is 25.9.